The van der Waals surface area contributed by atoms with Crippen molar-refractivity contribution >= 4 is 42.6 Å². The predicted octanol–water partition coefficient (Wildman–Crippen LogP) is 4.03. The molecule has 0 aliphatic heterocycles. The number of halogens is 3. The molecule has 0 aliphatic rings. The summed E-state index contributed by atoms with van der Waals surface area (Å²) >= 11 is 16.8. The molecule has 0 N–H and O–H groups in total. The lowest BCUT2D eigenvalue weighted by molar-refractivity contribution is 0.0583. The second-order valence-electron chi connectivity index (χ2n) is 3.66. The lowest BCUT2D eigenvalue weighted by Crippen LogP contribution is -2.19. The van der Waals surface area contributed by atoms with Gasteiger partial charge in [0.2, 0.25) is 0 Å². The lowest BCUT2D eigenvalue weighted by Gasteiger charge is -2.25. The molecule has 8 heteroatoms. The highest BCUT2D eigenvalue weighted by Gasteiger charge is 2.33. The first kappa shape index (κ1) is 18.0. The zero-order valence-corrected chi connectivity index (χ0v) is 13.2. The highest BCUT2D eigenvalue weighted by Crippen LogP contribution is 2.52. The van der Waals surface area contributed by atoms with E-state index in [4.69, 9.17) is 48.4 Å². The molecular weight excluding hydrogens is 309 g/mol. The summed E-state index contributed by atoms with van der Waals surface area (Å²) in [4.78, 5) is 0. The highest BCUT2D eigenvalue weighted by atomic mass is 35.5. The molecule has 0 amide bonds. The first-order valence-corrected chi connectivity index (χ1v) is 8.26. The van der Waals surface area contributed by atoms with Crippen LogP contribution in [0.4, 0.5) is 0 Å². The van der Waals surface area contributed by atoms with Crippen molar-refractivity contribution in [3.63, 3.8) is 0 Å². The van der Waals surface area contributed by atoms with E-state index >= 15 is 0 Å². The number of rotatable bonds is 9. The zero-order chi connectivity index (χ0) is 13.5. The Bertz CT molecular complexity index is 216. The molecular formula is C9H18Cl3O4P. The monoisotopic (exact) mass is 326 g/mol. The van der Waals surface area contributed by atoms with Crippen molar-refractivity contribution in [2.45, 2.75) is 39.1 Å². The van der Waals surface area contributed by atoms with E-state index in [9.17, 15) is 4.57 Å². The predicted molar refractivity (Wildman–Crippen MR) is 71.4 cm³/mol. The largest absolute Gasteiger partial charge is 0.475 e. The van der Waals surface area contributed by atoms with Crippen LogP contribution in [0.1, 0.15) is 20.8 Å². The SMILES string of the molecule is C[C@@H](CCl)OP(=O)(O[C@@H](C)CCl)O[C@@H](C)CCl. The Labute approximate surface area is 117 Å². The number of alkyl halides is 3. The van der Waals surface area contributed by atoms with Gasteiger partial charge >= 0.3 is 7.82 Å². The van der Waals surface area contributed by atoms with Crippen LogP contribution in [0.2, 0.25) is 0 Å². The van der Waals surface area contributed by atoms with Crippen LogP contribution in [-0.4, -0.2) is 36.0 Å². The van der Waals surface area contributed by atoms with Crippen LogP contribution in [-0.2, 0) is 18.1 Å². The van der Waals surface area contributed by atoms with E-state index in [1.807, 2.05) is 0 Å². The van der Waals surface area contributed by atoms with E-state index in [-0.39, 0.29) is 17.6 Å². The molecule has 0 radical (unpaired) electrons. The summed E-state index contributed by atoms with van der Waals surface area (Å²) in [5, 5.41) is 0. The first-order valence-electron chi connectivity index (χ1n) is 5.20. The molecule has 0 rings (SSSR count). The van der Waals surface area contributed by atoms with Gasteiger partial charge in [-0.15, -0.1) is 34.8 Å². The lowest BCUT2D eigenvalue weighted by atomic mass is 10.5. The summed E-state index contributed by atoms with van der Waals surface area (Å²) in [6.07, 6.45) is -1.35. The highest BCUT2D eigenvalue weighted by molar-refractivity contribution is 7.48. The summed E-state index contributed by atoms with van der Waals surface area (Å²) in [7, 11) is -3.69. The van der Waals surface area contributed by atoms with Gasteiger partial charge < -0.3 is 0 Å². The van der Waals surface area contributed by atoms with Crippen molar-refractivity contribution in [2.75, 3.05) is 17.6 Å². The maximum Gasteiger partial charge on any atom is 0.475 e. The summed E-state index contributed by atoms with van der Waals surface area (Å²) in [5.41, 5.74) is 0. The Kier molecular flexibility index (Phi) is 9.49. The van der Waals surface area contributed by atoms with Gasteiger partial charge in [-0.05, 0) is 20.8 Å². The zero-order valence-electron chi connectivity index (χ0n) is 10.1. The van der Waals surface area contributed by atoms with Crippen LogP contribution in [0.5, 0.6) is 0 Å². The van der Waals surface area contributed by atoms with Crippen LogP contribution in [0.3, 0.4) is 0 Å². The molecule has 0 unspecified atom stereocenters. The Morgan fingerprint density at radius 2 is 1.06 bits per heavy atom. The Morgan fingerprint density at radius 1 is 0.824 bits per heavy atom. The van der Waals surface area contributed by atoms with Gasteiger partial charge in [0.25, 0.3) is 0 Å². The van der Waals surface area contributed by atoms with Crippen LogP contribution >= 0.6 is 42.6 Å². The Morgan fingerprint density at radius 3 is 1.24 bits per heavy atom. The summed E-state index contributed by atoms with van der Waals surface area (Å²) in [6, 6.07) is 0. The molecule has 0 aromatic carbocycles. The van der Waals surface area contributed by atoms with E-state index < -0.39 is 26.1 Å². The van der Waals surface area contributed by atoms with E-state index in [2.05, 4.69) is 0 Å². The molecule has 3 atom stereocenters. The molecule has 0 saturated carbocycles. The van der Waals surface area contributed by atoms with E-state index in [0.29, 0.717) is 0 Å². The number of phosphoric acid groups is 1. The number of phosphoric ester groups is 1. The summed E-state index contributed by atoms with van der Waals surface area (Å²) in [6.45, 7) is 5.01. The molecule has 0 fully saturated rings. The molecule has 4 nitrogen and oxygen atoms in total. The fourth-order valence-corrected chi connectivity index (χ4v) is 2.97. The van der Waals surface area contributed by atoms with Crippen molar-refractivity contribution in [2.24, 2.45) is 0 Å². The van der Waals surface area contributed by atoms with Gasteiger partial charge in [-0.25, -0.2) is 4.57 Å². The molecule has 0 heterocycles. The first-order chi connectivity index (χ1) is 7.86. The van der Waals surface area contributed by atoms with Gasteiger partial charge in [0.1, 0.15) is 0 Å². The summed E-state index contributed by atoms with van der Waals surface area (Å²) in [5.74, 6) is 0.545. The van der Waals surface area contributed by atoms with Crippen molar-refractivity contribution in [3.8, 4) is 0 Å². The molecule has 0 aliphatic carbocycles. The second-order valence-corrected chi connectivity index (χ2v) is 6.11. The van der Waals surface area contributed by atoms with Crippen LogP contribution in [0.25, 0.3) is 0 Å². The third kappa shape index (κ3) is 7.89. The summed E-state index contributed by atoms with van der Waals surface area (Å²) < 4.78 is 27.9. The van der Waals surface area contributed by atoms with Crippen molar-refractivity contribution in [3.05, 3.63) is 0 Å². The molecule has 0 aromatic heterocycles. The van der Waals surface area contributed by atoms with Crippen LogP contribution in [0.15, 0.2) is 0 Å². The molecule has 0 bridgehead atoms. The van der Waals surface area contributed by atoms with E-state index in [1.165, 1.54) is 0 Å². The fourth-order valence-electron chi connectivity index (χ4n) is 0.820. The van der Waals surface area contributed by atoms with Gasteiger partial charge in [0, 0.05) is 17.6 Å². The maximum absolute atomic E-state index is 12.3. The molecule has 0 spiro atoms. The Balaban J connectivity index is 4.62. The smallest absolute Gasteiger partial charge is 0.283 e. The molecule has 0 saturated heterocycles. The molecule has 104 valence electrons. The normalized spacial score (nSPS) is 17.8. The van der Waals surface area contributed by atoms with Gasteiger partial charge in [-0.3, -0.25) is 13.6 Å². The second kappa shape index (κ2) is 8.98. The van der Waals surface area contributed by atoms with Gasteiger partial charge in [-0.2, -0.15) is 0 Å². The number of hydrogen-bond donors (Lipinski definition) is 0. The quantitative estimate of drug-likeness (QED) is 0.474. The minimum absolute atomic E-state index is 0.182. The topological polar surface area (TPSA) is 44.8 Å². The van der Waals surface area contributed by atoms with Gasteiger partial charge in [0.05, 0.1) is 18.3 Å². The van der Waals surface area contributed by atoms with E-state index in [0.717, 1.165) is 0 Å². The number of hydrogen-bond acceptors (Lipinski definition) is 4. The minimum Gasteiger partial charge on any atom is -0.283 e. The minimum atomic E-state index is -3.69. The Hall–Kier alpha value is 0.980. The fraction of sp³-hybridized carbons (Fsp3) is 1.00. The van der Waals surface area contributed by atoms with Gasteiger partial charge in [-0.1, -0.05) is 0 Å². The standard InChI is InChI=1S/C9H18Cl3O4P/c1-7(4-10)14-17(13,15-8(2)5-11)16-9(3)6-12/h7-9H,4-6H2,1-3H3/t7-,8-,9-/m0/s1. The van der Waals surface area contributed by atoms with E-state index in [1.54, 1.807) is 20.8 Å². The third-order valence-electron chi connectivity index (χ3n) is 1.58. The third-order valence-corrected chi connectivity index (χ3v) is 4.74. The maximum atomic E-state index is 12.3. The average molecular weight is 328 g/mol. The molecule has 17 heavy (non-hydrogen) atoms. The van der Waals surface area contributed by atoms with Crippen LogP contribution in [0, 0.1) is 0 Å². The average Bonchev–Trinajstić information content (AvgIpc) is 2.27. The molecule has 0 aromatic rings. The van der Waals surface area contributed by atoms with Crippen LogP contribution < -0.4 is 0 Å². The van der Waals surface area contributed by atoms with Crippen molar-refractivity contribution in [1.82, 2.24) is 0 Å². The van der Waals surface area contributed by atoms with Crippen molar-refractivity contribution < 1.29 is 18.1 Å². The van der Waals surface area contributed by atoms with Crippen molar-refractivity contribution in [1.29, 1.82) is 0 Å². The van der Waals surface area contributed by atoms with Gasteiger partial charge in [0.15, 0.2) is 0 Å².